The van der Waals surface area contributed by atoms with Gasteiger partial charge >= 0.3 is 5.97 Å². The first-order chi connectivity index (χ1) is 8.66. The van der Waals surface area contributed by atoms with Crippen molar-refractivity contribution in [3.8, 4) is 11.1 Å². The Bertz CT molecular complexity index is 740. The molecule has 0 radical (unpaired) electrons. The maximum absolute atomic E-state index is 11.2. The maximum Gasteiger partial charge on any atom is 0.357 e. The van der Waals surface area contributed by atoms with Gasteiger partial charge in [0.1, 0.15) is 5.58 Å². The van der Waals surface area contributed by atoms with Crippen molar-refractivity contribution < 1.29 is 14.3 Å². The van der Waals surface area contributed by atoms with Crippen LogP contribution in [0.5, 0.6) is 0 Å². The van der Waals surface area contributed by atoms with Gasteiger partial charge in [0.05, 0.1) is 6.26 Å². The van der Waals surface area contributed by atoms with Crippen LogP contribution in [0.15, 0.2) is 41.1 Å². The summed E-state index contributed by atoms with van der Waals surface area (Å²) in [6, 6.07) is 7.36. The molecule has 0 bridgehead atoms. The molecule has 0 spiro atoms. The number of benzene rings is 1. The van der Waals surface area contributed by atoms with Crippen LogP contribution in [0.4, 0.5) is 0 Å². The van der Waals surface area contributed by atoms with Crippen molar-refractivity contribution >= 4 is 16.9 Å². The highest BCUT2D eigenvalue weighted by Gasteiger charge is 2.18. The third-order valence-electron chi connectivity index (χ3n) is 2.82. The van der Waals surface area contributed by atoms with Crippen LogP contribution in [0.3, 0.4) is 0 Å². The Balaban J connectivity index is 2.32. The summed E-state index contributed by atoms with van der Waals surface area (Å²) in [5, 5.41) is 14.0. The lowest BCUT2D eigenvalue weighted by Crippen LogP contribution is -2.00. The highest BCUT2D eigenvalue weighted by molar-refractivity contribution is 6.01. The average molecular weight is 242 g/mol. The second kappa shape index (κ2) is 3.73. The predicted octanol–water partition coefficient (Wildman–Crippen LogP) is 2.53. The van der Waals surface area contributed by atoms with E-state index in [1.54, 1.807) is 19.5 Å². The molecule has 0 atom stereocenters. The van der Waals surface area contributed by atoms with E-state index in [0.29, 0.717) is 5.56 Å². The molecule has 5 heteroatoms. The monoisotopic (exact) mass is 242 g/mol. The number of carboxylic acids is 1. The lowest BCUT2D eigenvalue weighted by atomic mass is 10.0. The van der Waals surface area contributed by atoms with Gasteiger partial charge in [0.15, 0.2) is 5.69 Å². The molecule has 18 heavy (non-hydrogen) atoms. The zero-order valence-corrected chi connectivity index (χ0v) is 9.62. The third-order valence-corrected chi connectivity index (χ3v) is 2.82. The number of rotatable bonds is 2. The molecule has 5 nitrogen and oxygen atoms in total. The summed E-state index contributed by atoms with van der Waals surface area (Å²) >= 11 is 0. The molecule has 3 rings (SSSR count). The van der Waals surface area contributed by atoms with Gasteiger partial charge in [-0.2, -0.15) is 5.10 Å². The van der Waals surface area contributed by atoms with E-state index in [9.17, 15) is 4.79 Å². The van der Waals surface area contributed by atoms with E-state index in [4.69, 9.17) is 9.52 Å². The fourth-order valence-electron chi connectivity index (χ4n) is 2.07. The second-order valence-corrected chi connectivity index (χ2v) is 4.01. The van der Waals surface area contributed by atoms with Crippen LogP contribution < -0.4 is 0 Å². The number of hydrogen-bond donors (Lipinski definition) is 1. The Labute approximate surface area is 102 Å². The number of carboxylic acid groups (broad SMARTS) is 1. The van der Waals surface area contributed by atoms with Crippen LogP contribution in [0.25, 0.3) is 22.1 Å². The van der Waals surface area contributed by atoms with Gasteiger partial charge in [0, 0.05) is 24.2 Å². The van der Waals surface area contributed by atoms with E-state index in [-0.39, 0.29) is 5.69 Å². The number of aromatic carboxylic acids is 1. The highest BCUT2D eigenvalue weighted by Crippen LogP contribution is 2.31. The minimum absolute atomic E-state index is 0.0474. The fraction of sp³-hybridized carbons (Fsp3) is 0.0769. The van der Waals surface area contributed by atoms with E-state index in [0.717, 1.165) is 16.5 Å². The lowest BCUT2D eigenvalue weighted by Gasteiger charge is -2.00. The van der Waals surface area contributed by atoms with Crippen molar-refractivity contribution in [1.29, 1.82) is 0 Å². The minimum atomic E-state index is -1.04. The molecule has 0 aliphatic heterocycles. The van der Waals surface area contributed by atoms with Gasteiger partial charge in [-0.3, -0.25) is 4.68 Å². The van der Waals surface area contributed by atoms with Crippen molar-refractivity contribution in [1.82, 2.24) is 9.78 Å². The molecular weight excluding hydrogens is 232 g/mol. The minimum Gasteiger partial charge on any atom is -0.476 e. The van der Waals surface area contributed by atoms with Crippen LogP contribution in [-0.4, -0.2) is 20.9 Å². The first-order valence-electron chi connectivity index (χ1n) is 5.40. The van der Waals surface area contributed by atoms with Gasteiger partial charge in [0.25, 0.3) is 0 Å². The molecule has 90 valence electrons. The normalized spacial score (nSPS) is 10.9. The Hall–Kier alpha value is -2.56. The van der Waals surface area contributed by atoms with Crippen LogP contribution in [-0.2, 0) is 7.05 Å². The Kier molecular flexibility index (Phi) is 2.19. The lowest BCUT2D eigenvalue weighted by molar-refractivity contribution is 0.0690. The zero-order valence-electron chi connectivity index (χ0n) is 9.62. The van der Waals surface area contributed by atoms with Gasteiger partial charge in [-0.25, -0.2) is 4.79 Å². The molecular formula is C13H10N2O3. The van der Waals surface area contributed by atoms with Gasteiger partial charge in [0.2, 0.25) is 0 Å². The summed E-state index contributed by atoms with van der Waals surface area (Å²) in [5.41, 5.74) is 2.18. The molecule has 1 N–H and O–H groups in total. The smallest absolute Gasteiger partial charge is 0.357 e. The molecule has 0 aliphatic carbocycles. The predicted molar refractivity (Wildman–Crippen MR) is 65.4 cm³/mol. The second-order valence-electron chi connectivity index (χ2n) is 4.01. The van der Waals surface area contributed by atoms with Crippen molar-refractivity contribution in [2.45, 2.75) is 0 Å². The summed E-state index contributed by atoms with van der Waals surface area (Å²) in [6.07, 6.45) is 3.29. The van der Waals surface area contributed by atoms with Crippen LogP contribution in [0.1, 0.15) is 10.5 Å². The van der Waals surface area contributed by atoms with Crippen molar-refractivity contribution in [3.63, 3.8) is 0 Å². The van der Waals surface area contributed by atoms with Gasteiger partial charge in [-0.05, 0) is 17.7 Å². The van der Waals surface area contributed by atoms with Crippen LogP contribution in [0, 0.1) is 0 Å². The number of carbonyl (C=O) groups is 1. The zero-order chi connectivity index (χ0) is 12.7. The van der Waals surface area contributed by atoms with Crippen molar-refractivity contribution in [3.05, 3.63) is 42.4 Å². The standard InChI is InChI=1S/C13H10N2O3/c1-15-7-10(12(14-15)13(16)17)8-3-2-4-11-9(8)5-6-18-11/h2-7H,1H3,(H,16,17). The topological polar surface area (TPSA) is 68.3 Å². The molecule has 2 heterocycles. The van der Waals surface area contributed by atoms with E-state index < -0.39 is 5.97 Å². The average Bonchev–Trinajstić information content (AvgIpc) is 2.94. The first-order valence-corrected chi connectivity index (χ1v) is 5.40. The summed E-state index contributed by atoms with van der Waals surface area (Å²) < 4.78 is 6.81. The fourth-order valence-corrected chi connectivity index (χ4v) is 2.07. The summed E-state index contributed by atoms with van der Waals surface area (Å²) in [6.45, 7) is 0. The third kappa shape index (κ3) is 1.48. The molecule has 0 saturated heterocycles. The highest BCUT2D eigenvalue weighted by atomic mass is 16.4. The molecule has 1 aromatic carbocycles. The molecule has 0 aliphatic rings. The number of aryl methyl sites for hydroxylation is 1. The number of furan rings is 1. The molecule has 2 aromatic heterocycles. The Morgan fingerprint density at radius 2 is 2.17 bits per heavy atom. The Morgan fingerprint density at radius 3 is 2.94 bits per heavy atom. The first kappa shape index (κ1) is 10.6. The largest absolute Gasteiger partial charge is 0.476 e. The molecule has 0 fully saturated rings. The number of hydrogen-bond acceptors (Lipinski definition) is 3. The van der Waals surface area contributed by atoms with E-state index in [1.165, 1.54) is 4.68 Å². The molecule has 0 amide bonds. The summed E-state index contributed by atoms with van der Waals surface area (Å²) in [5.74, 6) is -1.04. The van der Waals surface area contributed by atoms with Gasteiger partial charge < -0.3 is 9.52 Å². The van der Waals surface area contributed by atoms with E-state index >= 15 is 0 Å². The maximum atomic E-state index is 11.2. The van der Waals surface area contributed by atoms with Crippen LogP contribution in [0.2, 0.25) is 0 Å². The number of nitrogens with zero attached hydrogens (tertiary/aromatic N) is 2. The Morgan fingerprint density at radius 1 is 1.33 bits per heavy atom. The van der Waals surface area contributed by atoms with E-state index in [2.05, 4.69) is 5.10 Å². The van der Waals surface area contributed by atoms with Crippen molar-refractivity contribution in [2.75, 3.05) is 0 Å². The number of fused-ring (bicyclic) bond motifs is 1. The molecule has 0 unspecified atom stereocenters. The van der Waals surface area contributed by atoms with Crippen LogP contribution >= 0.6 is 0 Å². The molecule has 0 saturated carbocycles. The SMILES string of the molecule is Cn1cc(-c2cccc3occc23)c(C(=O)O)n1. The van der Waals surface area contributed by atoms with Gasteiger partial charge in [-0.15, -0.1) is 0 Å². The van der Waals surface area contributed by atoms with Crippen molar-refractivity contribution in [2.24, 2.45) is 7.05 Å². The van der Waals surface area contributed by atoms with E-state index in [1.807, 2.05) is 24.3 Å². The summed E-state index contributed by atoms with van der Waals surface area (Å²) in [4.78, 5) is 11.2. The molecule has 3 aromatic rings. The van der Waals surface area contributed by atoms with Gasteiger partial charge in [-0.1, -0.05) is 12.1 Å². The quantitative estimate of drug-likeness (QED) is 0.749. The number of aromatic nitrogens is 2. The summed E-state index contributed by atoms with van der Waals surface area (Å²) in [7, 11) is 1.70.